The van der Waals surface area contributed by atoms with Gasteiger partial charge in [0, 0.05) is 0 Å². The molecule has 0 amide bonds. The summed E-state index contributed by atoms with van der Waals surface area (Å²) in [5.74, 6) is 0. The highest BCUT2D eigenvalue weighted by Gasteiger charge is 1.95. The summed E-state index contributed by atoms with van der Waals surface area (Å²) in [5, 5.41) is 0. The first kappa shape index (κ1) is 15.4. The molecule has 0 radical (unpaired) electrons. The van der Waals surface area contributed by atoms with Crippen molar-refractivity contribution in [1.82, 2.24) is 0 Å². The highest BCUT2D eigenvalue weighted by atomic mass is 14.0. The Morgan fingerprint density at radius 2 is 1.21 bits per heavy atom. The molecule has 0 atom stereocenters. The minimum Gasteiger partial charge on any atom is -0.0991 e. The molecule has 14 heavy (non-hydrogen) atoms. The van der Waals surface area contributed by atoms with Crippen LogP contribution in [0.1, 0.15) is 40.5 Å². The third-order valence-corrected chi connectivity index (χ3v) is 1.73. The molecule has 0 N–H and O–H groups in total. The van der Waals surface area contributed by atoms with E-state index in [1.165, 1.54) is 24.0 Å². The summed E-state index contributed by atoms with van der Waals surface area (Å²) in [6.45, 7) is 15.1. The summed E-state index contributed by atoms with van der Waals surface area (Å²) >= 11 is 0. The first-order valence-corrected chi connectivity index (χ1v) is 5.27. The van der Waals surface area contributed by atoms with E-state index < -0.39 is 0 Å². The van der Waals surface area contributed by atoms with Crippen molar-refractivity contribution in [3.63, 3.8) is 0 Å². The molecule has 0 fully saturated rings. The molecular weight excluding hydrogens is 168 g/mol. The molecule has 0 heterocycles. The number of hydrogen-bond acceptors (Lipinski definition) is 0. The summed E-state index contributed by atoms with van der Waals surface area (Å²) in [4.78, 5) is 0. The smallest absolute Gasteiger partial charge is 0.0283 e. The van der Waals surface area contributed by atoms with Crippen molar-refractivity contribution >= 4 is 0 Å². The number of allylic oxidation sites excluding steroid dienone is 6. The van der Waals surface area contributed by atoms with Crippen LogP contribution in [-0.2, 0) is 0 Å². The highest BCUT2D eigenvalue weighted by molar-refractivity contribution is 5.20. The second-order valence-corrected chi connectivity index (χ2v) is 3.00. The van der Waals surface area contributed by atoms with Crippen LogP contribution >= 0.6 is 0 Å². The largest absolute Gasteiger partial charge is 0.0991 e. The maximum Gasteiger partial charge on any atom is -0.0283 e. The molecule has 0 nitrogen and oxygen atoms in total. The maximum absolute atomic E-state index is 3.36. The van der Waals surface area contributed by atoms with Gasteiger partial charge in [0.05, 0.1) is 0 Å². The standard InChI is InChI=1S/C8H12.C4H6.C2H6/c1-7-3-5-8(2)6-4-7;1-3-4-2;1-2/h3,5H,4,6H2,1-2H3;3-4H,1-2H2;1-2H3. The lowest BCUT2D eigenvalue weighted by Crippen LogP contribution is -1.85. The minimum atomic E-state index is 1.27. The molecular formula is C14H24. The van der Waals surface area contributed by atoms with Crippen LogP contribution < -0.4 is 0 Å². The molecule has 0 unspecified atom stereocenters. The van der Waals surface area contributed by atoms with Gasteiger partial charge in [0.1, 0.15) is 0 Å². The van der Waals surface area contributed by atoms with Gasteiger partial charge >= 0.3 is 0 Å². The van der Waals surface area contributed by atoms with Crippen molar-refractivity contribution in [3.05, 3.63) is 48.6 Å². The van der Waals surface area contributed by atoms with Gasteiger partial charge < -0.3 is 0 Å². The summed E-state index contributed by atoms with van der Waals surface area (Å²) in [5.41, 5.74) is 3.02. The molecule has 0 aromatic heterocycles. The Morgan fingerprint density at radius 3 is 1.36 bits per heavy atom. The van der Waals surface area contributed by atoms with Crippen LogP contribution in [0.5, 0.6) is 0 Å². The van der Waals surface area contributed by atoms with E-state index in [9.17, 15) is 0 Å². The molecule has 0 saturated carbocycles. The van der Waals surface area contributed by atoms with E-state index >= 15 is 0 Å². The monoisotopic (exact) mass is 192 g/mol. The van der Waals surface area contributed by atoms with Crippen molar-refractivity contribution in [1.29, 1.82) is 0 Å². The zero-order valence-corrected chi connectivity index (χ0v) is 10.1. The number of hydrogen-bond donors (Lipinski definition) is 0. The molecule has 0 aromatic carbocycles. The van der Waals surface area contributed by atoms with Crippen molar-refractivity contribution in [2.75, 3.05) is 0 Å². The van der Waals surface area contributed by atoms with Crippen molar-refractivity contribution in [2.45, 2.75) is 40.5 Å². The van der Waals surface area contributed by atoms with Crippen LogP contribution in [0.25, 0.3) is 0 Å². The van der Waals surface area contributed by atoms with Crippen LogP contribution in [0.2, 0.25) is 0 Å². The Morgan fingerprint density at radius 1 is 0.929 bits per heavy atom. The maximum atomic E-state index is 3.36. The highest BCUT2D eigenvalue weighted by Crippen LogP contribution is 2.15. The van der Waals surface area contributed by atoms with Gasteiger partial charge in [0.2, 0.25) is 0 Å². The van der Waals surface area contributed by atoms with Gasteiger partial charge in [0.25, 0.3) is 0 Å². The Labute approximate surface area is 89.7 Å². The van der Waals surface area contributed by atoms with Crippen LogP contribution in [0.3, 0.4) is 0 Å². The van der Waals surface area contributed by atoms with E-state index in [0.717, 1.165) is 0 Å². The molecule has 0 aromatic rings. The SMILES string of the molecule is C=CC=C.CC.CC1=CC=C(C)CC1. The molecule has 80 valence electrons. The summed E-state index contributed by atoms with van der Waals surface area (Å²) < 4.78 is 0. The van der Waals surface area contributed by atoms with Gasteiger partial charge in [-0.2, -0.15) is 0 Å². The third kappa shape index (κ3) is 11.0. The normalized spacial score (nSPS) is 13.1. The summed E-state index contributed by atoms with van der Waals surface area (Å²) in [7, 11) is 0. The lowest BCUT2D eigenvalue weighted by atomic mass is 10.0. The van der Waals surface area contributed by atoms with Crippen molar-refractivity contribution < 1.29 is 0 Å². The van der Waals surface area contributed by atoms with E-state index in [4.69, 9.17) is 0 Å². The van der Waals surface area contributed by atoms with Gasteiger partial charge in [-0.05, 0) is 26.7 Å². The van der Waals surface area contributed by atoms with Gasteiger partial charge in [-0.25, -0.2) is 0 Å². The third-order valence-electron chi connectivity index (χ3n) is 1.73. The van der Waals surface area contributed by atoms with E-state index in [1.54, 1.807) is 12.2 Å². The van der Waals surface area contributed by atoms with Gasteiger partial charge in [-0.3, -0.25) is 0 Å². The fourth-order valence-electron chi connectivity index (χ4n) is 0.846. The van der Waals surface area contributed by atoms with Crippen LogP contribution in [0, 0.1) is 0 Å². The Kier molecular flexibility index (Phi) is 13.2. The Balaban J connectivity index is 0. The van der Waals surface area contributed by atoms with Crippen molar-refractivity contribution in [3.8, 4) is 0 Å². The average molecular weight is 192 g/mol. The molecule has 1 rings (SSSR count). The summed E-state index contributed by atoms with van der Waals surface area (Å²) in [6, 6.07) is 0. The van der Waals surface area contributed by atoms with Gasteiger partial charge in [-0.15, -0.1) is 0 Å². The Hall–Kier alpha value is -1.04. The first-order valence-electron chi connectivity index (χ1n) is 5.27. The van der Waals surface area contributed by atoms with Crippen LogP contribution in [0.15, 0.2) is 48.6 Å². The molecule has 1 aliphatic carbocycles. The fourth-order valence-corrected chi connectivity index (χ4v) is 0.846. The summed E-state index contributed by atoms with van der Waals surface area (Å²) in [6.07, 6.45) is 10.2. The van der Waals surface area contributed by atoms with Gasteiger partial charge in [-0.1, -0.05) is 62.5 Å². The second-order valence-electron chi connectivity index (χ2n) is 3.00. The quantitative estimate of drug-likeness (QED) is 0.509. The zero-order valence-electron chi connectivity index (χ0n) is 10.1. The molecule has 0 heteroatoms. The van der Waals surface area contributed by atoms with Crippen LogP contribution in [-0.4, -0.2) is 0 Å². The van der Waals surface area contributed by atoms with Crippen LogP contribution in [0.4, 0.5) is 0 Å². The molecule has 1 aliphatic rings. The second kappa shape index (κ2) is 12.0. The van der Waals surface area contributed by atoms with E-state index in [0.29, 0.717) is 0 Å². The number of rotatable bonds is 1. The Bertz CT molecular complexity index is 180. The molecule has 0 bridgehead atoms. The minimum absolute atomic E-state index is 1.27. The van der Waals surface area contributed by atoms with Crippen molar-refractivity contribution in [2.24, 2.45) is 0 Å². The van der Waals surface area contributed by atoms with E-state index in [2.05, 4.69) is 39.2 Å². The first-order chi connectivity index (χ1) is 6.70. The lowest BCUT2D eigenvalue weighted by Gasteiger charge is -2.05. The average Bonchev–Trinajstić information content (AvgIpc) is 2.26. The van der Waals surface area contributed by atoms with E-state index in [1.807, 2.05) is 13.8 Å². The van der Waals surface area contributed by atoms with E-state index in [-0.39, 0.29) is 0 Å². The fraction of sp³-hybridized carbons (Fsp3) is 0.429. The predicted molar refractivity (Wildman–Crippen MR) is 68.5 cm³/mol. The molecule has 0 spiro atoms. The molecule has 0 aliphatic heterocycles. The molecule has 0 saturated heterocycles. The zero-order chi connectivity index (χ0) is 11.4. The topological polar surface area (TPSA) is 0 Å². The predicted octanol–water partition coefficient (Wildman–Crippen LogP) is 5.06. The lowest BCUT2D eigenvalue weighted by molar-refractivity contribution is 0.906. The van der Waals surface area contributed by atoms with Gasteiger partial charge in [0.15, 0.2) is 0 Å².